The normalized spacial score (nSPS) is 22.2. The first kappa shape index (κ1) is 130. The van der Waals surface area contributed by atoms with Crippen LogP contribution in [0.15, 0.2) is 0 Å². The lowest BCUT2D eigenvalue weighted by Crippen LogP contribution is -2.63. The van der Waals surface area contributed by atoms with Crippen LogP contribution in [0.2, 0.25) is 0 Å². The van der Waals surface area contributed by atoms with Gasteiger partial charge in [-0.3, -0.25) is 47.9 Å². The second-order valence-electron chi connectivity index (χ2n) is 46.3. The van der Waals surface area contributed by atoms with E-state index in [1.165, 1.54) is 51.4 Å². The fourth-order valence-corrected chi connectivity index (χ4v) is 20.4. The molecule has 23 heteroatoms. The summed E-state index contributed by atoms with van der Waals surface area (Å²) in [5.74, 6) is 3.80. The molecule has 0 saturated heterocycles. The maximum atomic E-state index is 12.8. The van der Waals surface area contributed by atoms with Crippen LogP contribution in [0.5, 0.6) is 0 Å². The van der Waals surface area contributed by atoms with Gasteiger partial charge in [0, 0.05) is 122 Å². The molecule has 4 aliphatic rings. The molecule has 16 unspecified atom stereocenters. The molecule has 0 spiro atoms. The Kier molecular flexibility index (Phi) is 65.1. The first-order chi connectivity index (χ1) is 62.2. The number of Topliss-reactive ketones (excluding diaryl/α,β-unsaturated/α-hetero) is 7. The zero-order valence-electron chi connectivity index (χ0n) is 93.4. The molecule has 786 valence electrons. The number of ketones is 7. The fraction of sp³-hybridized carbons (Fsp3) is 0.910. The van der Waals surface area contributed by atoms with Crippen molar-refractivity contribution in [3.8, 4) is 0 Å². The van der Waals surface area contributed by atoms with Crippen LogP contribution in [0.4, 0.5) is 0 Å². The third-order valence-corrected chi connectivity index (χ3v) is 27.3. The lowest BCUT2D eigenvalue weighted by molar-refractivity contribution is -0.238. The quantitative estimate of drug-likeness (QED) is 0.0256. The highest BCUT2D eigenvalue weighted by Gasteiger charge is 2.67. The van der Waals surface area contributed by atoms with Gasteiger partial charge in [-0.25, -0.2) is 0 Å². The first-order valence-corrected chi connectivity index (χ1v) is 53.9. The molecule has 0 heterocycles. The Balaban J connectivity index is 0.00000173. The molecule has 4 rings (SSSR count). The van der Waals surface area contributed by atoms with E-state index in [0.29, 0.717) is 132 Å². The number of hydrogen-bond acceptors (Lipinski definition) is 20. The predicted molar refractivity (Wildman–Crippen MR) is 555 cm³/mol. The van der Waals surface area contributed by atoms with Crippen LogP contribution in [-0.2, 0) is 66.9 Å². The molecule has 0 bridgehead atoms. The number of hydrogen-bond donors (Lipinski definition) is 9. The van der Waals surface area contributed by atoms with Crippen molar-refractivity contribution in [3.05, 3.63) is 0 Å². The van der Waals surface area contributed by atoms with Crippen molar-refractivity contribution >= 4 is 58.2 Å². The van der Waals surface area contributed by atoms with Gasteiger partial charge < -0.3 is 66.8 Å². The van der Waals surface area contributed by atoms with Crippen molar-refractivity contribution in [3.63, 3.8) is 0 Å². The number of fused-ring (bicyclic) bond motifs is 5. The van der Waals surface area contributed by atoms with Gasteiger partial charge in [-0.2, -0.15) is 0 Å². The molecule has 23 nitrogen and oxygen atoms in total. The predicted octanol–water partition coefficient (Wildman–Crippen LogP) is 20.3. The largest absolute Gasteiger partial charge is 0.379 e. The van der Waals surface area contributed by atoms with E-state index in [4.69, 9.17) is 18.9 Å². The smallest absolute Gasteiger partial charge is 0.220 e. The third-order valence-electron chi connectivity index (χ3n) is 27.3. The summed E-state index contributed by atoms with van der Waals surface area (Å²) in [4.78, 5) is 124. The number of nitrogens with one attached hydrogen (secondary N) is 9. The maximum absolute atomic E-state index is 12.8. The number of ether oxygens (including phenoxy) is 4. The molecular weight excluding hydrogens is 1680 g/mol. The van der Waals surface area contributed by atoms with Crippen molar-refractivity contribution in [2.24, 2.45) is 93.7 Å². The standard InChI is InChI=1S/C34H62O4.C30H53N3O6.C19H38N2O2.2C14H30N2O/c1-20(2)35-19-24(9)27-12-13-28-32-29(18-31(34(27,28)11)38-23(7)8)33(10)15-14-26(36-21(3)4)16-25(33)17-30(32)37-22(5)6;1-17(2)25(34)14-11-23(29(38)19(5)6)32-27(36)16-13-24(30(39)20(7)8)33-26(35)15-12-22(31-21(9)10)28(37)18(3)4;1-14(2)10-7-8-12-18(22)20-13-9-11-17(21-16(5)6)19(23)15(3)4;2*1-10(2)14(17)13(16-12(5)6)8-7-9-15-11(3)4/h20-32H,12-19H2,1-11H3;17-24,31H,11-16H2,1-10H3,(H,32,36)(H,33,35);14-17,21H,7-13H2,1-6H3,(H,20,22);2*10-13,15-16H,7-9H2,1-6H3/t24-,25?,26?,27?,28?,29?,30?,31?,32?,33?,34?;;;;/m1..../s1. The zero-order chi connectivity index (χ0) is 103. The second-order valence-corrected chi connectivity index (χ2v) is 46.3. The van der Waals surface area contributed by atoms with Crippen molar-refractivity contribution in [1.82, 2.24) is 47.9 Å². The summed E-state index contributed by atoms with van der Waals surface area (Å²) in [7, 11) is 0. The SMILES string of the molecule is CC(C)CCCCC(=O)NCCCC(NC(C)C)C(=O)C(C)C.CC(C)NC(CCC(=O)NC(CCC(=O)NC(CCC(=O)C(C)C)C(=O)C(C)C)C(=O)C(C)C)C(=O)C(C)C.CC(C)NCCCC(NC(C)C)C(=O)C(C)C.CC(C)NCCCC(NC(C)C)C(=O)C(C)C.CC(C)OC[C@@H](C)C1CCC2C3C(OC(C)C)CC4CC(OC(C)C)CCC4(C)C3CC(OC(C)C)C21C. The van der Waals surface area contributed by atoms with E-state index in [9.17, 15) is 47.9 Å². The lowest BCUT2D eigenvalue weighted by atomic mass is 9.43. The first-order valence-electron chi connectivity index (χ1n) is 53.9. The molecule has 134 heavy (non-hydrogen) atoms. The van der Waals surface area contributed by atoms with E-state index in [2.05, 4.69) is 207 Å². The summed E-state index contributed by atoms with van der Waals surface area (Å²) in [5, 5.41) is 28.5. The average molecular weight is 1900 g/mol. The Morgan fingerprint density at radius 2 is 0.716 bits per heavy atom. The highest BCUT2D eigenvalue weighted by molar-refractivity contribution is 5.93. The second kappa shape index (κ2) is 67.2. The van der Waals surface area contributed by atoms with Crippen molar-refractivity contribution in [2.45, 2.75) is 533 Å². The summed E-state index contributed by atoms with van der Waals surface area (Å²) < 4.78 is 26.5. The van der Waals surface area contributed by atoms with E-state index in [1.807, 2.05) is 69.2 Å². The van der Waals surface area contributed by atoms with E-state index >= 15 is 0 Å². The number of rotatable bonds is 61. The Morgan fingerprint density at radius 3 is 1.08 bits per heavy atom. The summed E-state index contributed by atoms with van der Waals surface area (Å²) in [5.41, 5.74) is 0.521. The van der Waals surface area contributed by atoms with Crippen LogP contribution in [0.1, 0.15) is 418 Å². The van der Waals surface area contributed by atoms with E-state index < -0.39 is 24.0 Å². The molecule has 0 aromatic heterocycles. The van der Waals surface area contributed by atoms with Crippen LogP contribution in [0, 0.1) is 93.7 Å². The molecule has 0 aromatic rings. The molecule has 0 aromatic carbocycles. The Bertz CT molecular complexity index is 3250. The van der Waals surface area contributed by atoms with Gasteiger partial charge in [0.25, 0.3) is 0 Å². The van der Waals surface area contributed by atoms with Gasteiger partial charge in [-0.05, 0) is 224 Å². The van der Waals surface area contributed by atoms with Crippen molar-refractivity contribution in [1.29, 1.82) is 0 Å². The Morgan fingerprint density at radius 1 is 0.336 bits per heavy atom. The summed E-state index contributed by atoms with van der Waals surface area (Å²) in [6.45, 7) is 84.1. The lowest BCUT2D eigenvalue weighted by Gasteiger charge is -2.65. The van der Waals surface area contributed by atoms with Gasteiger partial charge in [0.2, 0.25) is 17.7 Å². The minimum Gasteiger partial charge on any atom is -0.379 e. The number of unbranched alkanes of at least 4 members (excludes halogenated alkanes) is 1. The monoisotopic (exact) mass is 1900 g/mol. The zero-order valence-corrected chi connectivity index (χ0v) is 93.4. The molecule has 9 N–H and O–H groups in total. The Labute approximate surface area is 821 Å². The summed E-state index contributed by atoms with van der Waals surface area (Å²) in [6.07, 6.45) is 21.1. The molecule has 0 radical (unpaired) electrons. The van der Waals surface area contributed by atoms with E-state index in [0.717, 1.165) is 71.1 Å². The van der Waals surface area contributed by atoms with E-state index in [-0.39, 0.29) is 162 Å². The highest BCUT2D eigenvalue weighted by Crippen LogP contribution is 2.69. The van der Waals surface area contributed by atoms with Gasteiger partial charge in [0.1, 0.15) is 5.78 Å². The van der Waals surface area contributed by atoms with Gasteiger partial charge in [0.15, 0.2) is 34.7 Å². The summed E-state index contributed by atoms with van der Waals surface area (Å²) >= 11 is 0. The van der Waals surface area contributed by atoms with Gasteiger partial charge in [0.05, 0.1) is 79.0 Å². The molecule has 3 amide bonds. The molecule has 4 saturated carbocycles. The van der Waals surface area contributed by atoms with Gasteiger partial charge >= 0.3 is 0 Å². The van der Waals surface area contributed by atoms with Crippen LogP contribution in [-0.4, -0.2) is 200 Å². The highest BCUT2D eigenvalue weighted by atomic mass is 16.5. The minimum atomic E-state index is -0.859. The van der Waals surface area contributed by atoms with Gasteiger partial charge in [-0.1, -0.05) is 227 Å². The topological polar surface area (TPSA) is 316 Å². The van der Waals surface area contributed by atoms with Crippen molar-refractivity contribution < 1.29 is 66.9 Å². The third kappa shape index (κ3) is 50.9. The van der Waals surface area contributed by atoms with Crippen LogP contribution >= 0.6 is 0 Å². The minimum absolute atomic E-state index is 0.0176. The van der Waals surface area contributed by atoms with Crippen LogP contribution in [0.3, 0.4) is 0 Å². The molecular formula is C111H213N9O14. The molecule has 4 fully saturated rings. The van der Waals surface area contributed by atoms with Gasteiger partial charge in [-0.15, -0.1) is 0 Å². The number of amides is 3. The molecule has 0 aliphatic heterocycles. The fourth-order valence-electron chi connectivity index (χ4n) is 20.4. The maximum Gasteiger partial charge on any atom is 0.220 e. The molecule has 17 atom stereocenters. The molecule has 4 aliphatic carbocycles. The van der Waals surface area contributed by atoms with E-state index in [1.54, 1.807) is 41.5 Å². The number of carbonyl (C=O) groups excluding carboxylic acids is 10. The van der Waals surface area contributed by atoms with Crippen molar-refractivity contribution in [2.75, 3.05) is 26.2 Å². The van der Waals surface area contributed by atoms with Crippen LogP contribution < -0.4 is 47.9 Å². The number of carbonyl (C=O) groups is 10. The summed E-state index contributed by atoms with van der Waals surface area (Å²) in [6, 6.07) is -0.0336. The Hall–Kier alpha value is -4.30. The van der Waals surface area contributed by atoms with Crippen LogP contribution in [0.25, 0.3) is 0 Å². The average Bonchev–Trinajstić information content (AvgIpc) is 1.43.